The number of hydrogen-bond donors (Lipinski definition) is 0. The van der Waals surface area contributed by atoms with Crippen LogP contribution in [0.5, 0.6) is 5.75 Å². The molecule has 2 aromatic rings. The molecule has 3 rings (SSSR count). The van der Waals surface area contributed by atoms with Crippen molar-refractivity contribution in [3.8, 4) is 5.75 Å². The Bertz CT molecular complexity index is 677. The van der Waals surface area contributed by atoms with Crippen LogP contribution < -0.4 is 4.74 Å². The number of hydrogen-bond acceptors (Lipinski definition) is 3. The van der Waals surface area contributed by atoms with Gasteiger partial charge >= 0.3 is 0 Å². The van der Waals surface area contributed by atoms with Crippen molar-refractivity contribution < 1.29 is 14.3 Å². The first-order chi connectivity index (χ1) is 10.1. The van der Waals surface area contributed by atoms with E-state index in [1.807, 2.05) is 43.3 Å². The molecule has 0 N–H and O–H groups in total. The van der Waals surface area contributed by atoms with Crippen LogP contribution in [0.3, 0.4) is 0 Å². The van der Waals surface area contributed by atoms with Gasteiger partial charge in [0.15, 0.2) is 5.78 Å². The molecule has 0 bridgehead atoms. The van der Waals surface area contributed by atoms with Gasteiger partial charge in [-0.25, -0.2) is 0 Å². The number of carbonyl (C=O) groups excluding carboxylic acids is 1. The van der Waals surface area contributed by atoms with Gasteiger partial charge in [0.2, 0.25) is 0 Å². The molecule has 0 spiro atoms. The molecule has 4 heteroatoms. The molecule has 0 aliphatic carbocycles. The smallest absolute Gasteiger partial charge is 0.194 e. The summed E-state index contributed by atoms with van der Waals surface area (Å²) in [6.45, 7) is 3.24. The van der Waals surface area contributed by atoms with Crippen LogP contribution in [0.15, 0.2) is 46.9 Å². The van der Waals surface area contributed by atoms with Crippen LogP contribution in [-0.4, -0.2) is 25.1 Å². The second kappa shape index (κ2) is 6.00. The van der Waals surface area contributed by atoms with E-state index >= 15 is 0 Å². The van der Waals surface area contributed by atoms with Crippen molar-refractivity contribution in [3.05, 3.63) is 63.6 Å². The zero-order valence-electron chi connectivity index (χ0n) is 11.6. The molecule has 1 atom stereocenters. The average molecular weight is 347 g/mol. The number of halogens is 1. The number of rotatable bonds is 5. The van der Waals surface area contributed by atoms with Crippen LogP contribution in [-0.2, 0) is 4.74 Å². The molecule has 108 valence electrons. The second-order valence-electron chi connectivity index (χ2n) is 5.08. The minimum Gasteiger partial charge on any atom is -0.490 e. The summed E-state index contributed by atoms with van der Waals surface area (Å²) in [5, 5.41) is 0. The topological polar surface area (TPSA) is 38.8 Å². The van der Waals surface area contributed by atoms with E-state index in [1.54, 1.807) is 6.07 Å². The molecule has 21 heavy (non-hydrogen) atoms. The highest BCUT2D eigenvalue weighted by atomic mass is 79.9. The van der Waals surface area contributed by atoms with Gasteiger partial charge in [-0.1, -0.05) is 29.8 Å². The van der Waals surface area contributed by atoms with Crippen molar-refractivity contribution in [2.24, 2.45) is 0 Å². The molecular formula is C17H15BrO3. The second-order valence-corrected chi connectivity index (χ2v) is 5.88. The molecular weight excluding hydrogens is 332 g/mol. The van der Waals surface area contributed by atoms with Gasteiger partial charge in [0.25, 0.3) is 0 Å². The lowest BCUT2D eigenvalue weighted by atomic mass is 10.0. The van der Waals surface area contributed by atoms with Gasteiger partial charge in [-0.15, -0.1) is 0 Å². The van der Waals surface area contributed by atoms with E-state index in [9.17, 15) is 4.79 Å². The summed E-state index contributed by atoms with van der Waals surface area (Å²) in [6.07, 6.45) is 0.188. The van der Waals surface area contributed by atoms with Gasteiger partial charge in [-0.05, 0) is 41.1 Å². The van der Waals surface area contributed by atoms with Gasteiger partial charge in [-0.3, -0.25) is 4.79 Å². The minimum atomic E-state index is -0.0151. The van der Waals surface area contributed by atoms with Crippen LogP contribution >= 0.6 is 15.9 Å². The third kappa shape index (κ3) is 3.34. The number of carbonyl (C=O) groups is 1. The van der Waals surface area contributed by atoms with Gasteiger partial charge < -0.3 is 9.47 Å². The van der Waals surface area contributed by atoms with Crippen molar-refractivity contribution in [2.45, 2.75) is 13.0 Å². The fourth-order valence-electron chi connectivity index (χ4n) is 2.09. The predicted octanol–water partition coefficient (Wildman–Crippen LogP) is 3.77. The lowest BCUT2D eigenvalue weighted by Gasteiger charge is -2.10. The largest absolute Gasteiger partial charge is 0.490 e. The molecule has 1 aliphatic rings. The molecule has 0 radical (unpaired) electrons. The van der Waals surface area contributed by atoms with E-state index < -0.39 is 0 Å². The van der Waals surface area contributed by atoms with Crippen molar-refractivity contribution >= 4 is 21.7 Å². The highest BCUT2D eigenvalue weighted by molar-refractivity contribution is 9.10. The summed E-state index contributed by atoms with van der Waals surface area (Å²) < 4.78 is 11.5. The number of ether oxygens (including phenoxy) is 2. The molecule has 0 saturated carbocycles. The summed E-state index contributed by atoms with van der Waals surface area (Å²) in [5.41, 5.74) is 2.35. The monoisotopic (exact) mass is 346 g/mol. The van der Waals surface area contributed by atoms with E-state index in [2.05, 4.69) is 15.9 Å². The first kappa shape index (κ1) is 14.3. The first-order valence-electron chi connectivity index (χ1n) is 6.79. The van der Waals surface area contributed by atoms with Crippen LogP contribution in [0, 0.1) is 6.92 Å². The van der Waals surface area contributed by atoms with Crippen LogP contribution in [0.2, 0.25) is 0 Å². The lowest BCUT2D eigenvalue weighted by molar-refractivity contribution is 0.103. The van der Waals surface area contributed by atoms with Gasteiger partial charge in [-0.2, -0.15) is 0 Å². The number of ketones is 1. The standard InChI is InChI=1S/C17H15BrO3/c1-11-4-2-5-12(8-11)17(19)14-6-3-7-15(16(14)18)21-10-13-9-20-13/h2-8,13H,9-10H2,1H3. The highest BCUT2D eigenvalue weighted by Gasteiger charge is 2.24. The Morgan fingerprint density at radius 3 is 2.81 bits per heavy atom. The summed E-state index contributed by atoms with van der Waals surface area (Å²) in [6, 6.07) is 13.1. The van der Waals surface area contributed by atoms with Crippen molar-refractivity contribution in [1.82, 2.24) is 0 Å². The quantitative estimate of drug-likeness (QED) is 0.611. The van der Waals surface area contributed by atoms with E-state index in [4.69, 9.17) is 9.47 Å². The molecule has 1 unspecified atom stereocenters. The Labute approximate surface area is 132 Å². The molecule has 2 aromatic carbocycles. The third-order valence-electron chi connectivity index (χ3n) is 3.32. The Morgan fingerprint density at radius 2 is 2.10 bits per heavy atom. The molecule has 1 fully saturated rings. The maximum atomic E-state index is 12.6. The number of aryl methyl sites for hydroxylation is 1. The van der Waals surface area contributed by atoms with Gasteiger partial charge in [0.05, 0.1) is 11.1 Å². The van der Waals surface area contributed by atoms with E-state index in [0.717, 1.165) is 12.2 Å². The van der Waals surface area contributed by atoms with Crippen LogP contribution in [0.25, 0.3) is 0 Å². The molecule has 1 aliphatic heterocycles. The Kier molecular flexibility index (Phi) is 4.08. The average Bonchev–Trinajstić information content (AvgIpc) is 3.30. The maximum absolute atomic E-state index is 12.6. The summed E-state index contributed by atoms with van der Waals surface area (Å²) in [5.74, 6) is 0.655. The summed E-state index contributed by atoms with van der Waals surface area (Å²) in [4.78, 5) is 12.6. The Balaban J connectivity index is 1.86. The van der Waals surface area contributed by atoms with E-state index in [-0.39, 0.29) is 11.9 Å². The lowest BCUT2D eigenvalue weighted by Crippen LogP contribution is -2.07. The molecule has 0 aromatic heterocycles. The summed E-state index contributed by atoms with van der Waals surface area (Å²) >= 11 is 3.48. The fourth-order valence-corrected chi connectivity index (χ4v) is 2.65. The van der Waals surface area contributed by atoms with E-state index in [0.29, 0.717) is 28.0 Å². The minimum absolute atomic E-state index is 0.0151. The van der Waals surface area contributed by atoms with Crippen molar-refractivity contribution in [2.75, 3.05) is 13.2 Å². The van der Waals surface area contributed by atoms with Crippen molar-refractivity contribution in [1.29, 1.82) is 0 Å². The first-order valence-corrected chi connectivity index (χ1v) is 7.59. The SMILES string of the molecule is Cc1cccc(C(=O)c2cccc(OCC3CO3)c2Br)c1. The Hall–Kier alpha value is -1.65. The molecule has 0 amide bonds. The zero-order chi connectivity index (χ0) is 14.8. The van der Waals surface area contributed by atoms with E-state index in [1.165, 1.54) is 0 Å². The Morgan fingerprint density at radius 1 is 1.33 bits per heavy atom. The maximum Gasteiger partial charge on any atom is 0.194 e. The zero-order valence-corrected chi connectivity index (χ0v) is 13.2. The predicted molar refractivity (Wildman–Crippen MR) is 84.0 cm³/mol. The molecule has 3 nitrogen and oxygen atoms in total. The number of epoxide rings is 1. The highest BCUT2D eigenvalue weighted by Crippen LogP contribution is 2.31. The van der Waals surface area contributed by atoms with Crippen LogP contribution in [0.1, 0.15) is 21.5 Å². The third-order valence-corrected chi connectivity index (χ3v) is 4.13. The van der Waals surface area contributed by atoms with Crippen LogP contribution in [0.4, 0.5) is 0 Å². The summed E-state index contributed by atoms with van der Waals surface area (Å²) in [7, 11) is 0. The van der Waals surface area contributed by atoms with Gasteiger partial charge in [0, 0.05) is 11.1 Å². The van der Waals surface area contributed by atoms with Gasteiger partial charge in [0.1, 0.15) is 18.5 Å². The van der Waals surface area contributed by atoms with Crippen molar-refractivity contribution in [3.63, 3.8) is 0 Å². The molecule has 1 saturated heterocycles. The fraction of sp³-hybridized carbons (Fsp3) is 0.235. The number of benzene rings is 2. The molecule has 1 heterocycles. The normalized spacial score (nSPS) is 16.6.